The van der Waals surface area contributed by atoms with Crippen LogP contribution >= 0.6 is 0 Å². The van der Waals surface area contributed by atoms with Gasteiger partial charge in [-0.25, -0.2) is 0 Å². The van der Waals surface area contributed by atoms with E-state index in [2.05, 4.69) is 27.7 Å². The van der Waals surface area contributed by atoms with Crippen LogP contribution in [-0.2, 0) is 0 Å². The molecule has 0 aromatic carbocycles. The molecule has 206 valence electrons. The van der Waals surface area contributed by atoms with Gasteiger partial charge in [-0.3, -0.25) is 0 Å². The number of unbranched alkanes of at least 4 members (excludes halogenated alkanes) is 24. The van der Waals surface area contributed by atoms with Gasteiger partial charge in [-0.2, -0.15) is 0 Å². The Labute approximate surface area is 220 Å². The van der Waals surface area contributed by atoms with Gasteiger partial charge in [0.1, 0.15) is 0 Å². The van der Waals surface area contributed by atoms with Gasteiger partial charge in [0, 0.05) is 0 Å². The lowest BCUT2D eigenvalue weighted by molar-refractivity contribution is 0.516. The highest BCUT2D eigenvalue weighted by molar-refractivity contribution is 6.79. The van der Waals surface area contributed by atoms with E-state index in [0.717, 1.165) is 0 Å². The van der Waals surface area contributed by atoms with Crippen LogP contribution in [0.5, 0.6) is 0 Å². The second kappa shape index (κ2) is 27.8. The minimum atomic E-state index is -0.837. The normalized spacial score (nSPS) is 12.0. The quantitative estimate of drug-likeness (QED) is 0.0716. The number of hydrogen-bond acceptors (Lipinski definition) is 0. The first-order valence-corrected chi connectivity index (χ1v) is 19.6. The fraction of sp³-hybridized carbons (Fsp3) is 1.00. The zero-order chi connectivity index (χ0) is 25.0. The summed E-state index contributed by atoms with van der Waals surface area (Å²) in [7, 11) is -0.837. The average Bonchev–Trinajstić information content (AvgIpc) is 2.86. The zero-order valence-corrected chi connectivity index (χ0v) is 26.0. The van der Waals surface area contributed by atoms with Gasteiger partial charge in [0.25, 0.3) is 0 Å². The van der Waals surface area contributed by atoms with Crippen molar-refractivity contribution in [3.63, 3.8) is 0 Å². The predicted molar refractivity (Wildman–Crippen MR) is 163 cm³/mol. The van der Waals surface area contributed by atoms with E-state index in [-0.39, 0.29) is 0 Å². The third-order valence-electron chi connectivity index (χ3n) is 9.06. The maximum Gasteiger partial charge on any atom is 0.0527 e. The summed E-state index contributed by atoms with van der Waals surface area (Å²) in [6, 6.07) is 6.15. The van der Waals surface area contributed by atoms with Crippen LogP contribution in [0.1, 0.15) is 188 Å². The van der Waals surface area contributed by atoms with Crippen LogP contribution in [0.3, 0.4) is 0 Å². The first-order chi connectivity index (χ1) is 16.7. The van der Waals surface area contributed by atoms with Gasteiger partial charge in [0.2, 0.25) is 0 Å². The third kappa shape index (κ3) is 22.7. The molecular weight excluding hydrogens is 424 g/mol. The molecule has 0 radical (unpaired) electrons. The molecule has 0 spiro atoms. The fourth-order valence-corrected chi connectivity index (χ4v) is 9.48. The van der Waals surface area contributed by atoms with Crippen LogP contribution in [-0.4, -0.2) is 8.07 Å². The molecule has 0 heterocycles. The Bertz CT molecular complexity index is 351. The van der Waals surface area contributed by atoms with Crippen molar-refractivity contribution in [2.24, 2.45) is 0 Å². The summed E-state index contributed by atoms with van der Waals surface area (Å²) >= 11 is 0. The van der Waals surface area contributed by atoms with Crippen molar-refractivity contribution in [1.82, 2.24) is 0 Å². The molecule has 0 N–H and O–H groups in total. The number of hydrogen-bond donors (Lipinski definition) is 0. The van der Waals surface area contributed by atoms with Crippen molar-refractivity contribution in [2.75, 3.05) is 0 Å². The second-order valence-electron chi connectivity index (χ2n) is 11.8. The predicted octanol–water partition coefficient (Wildman–Crippen LogP) is 13.3. The molecule has 0 bridgehead atoms. The Morgan fingerprint density at radius 2 is 0.471 bits per heavy atom. The summed E-state index contributed by atoms with van der Waals surface area (Å²) in [6.45, 7) is 9.68. The van der Waals surface area contributed by atoms with Gasteiger partial charge in [0.15, 0.2) is 0 Å². The maximum absolute atomic E-state index is 2.46. The molecular formula is C33H70Si. The summed E-state index contributed by atoms with van der Waals surface area (Å²) in [5.41, 5.74) is 0. The summed E-state index contributed by atoms with van der Waals surface area (Å²) in [6.07, 6.45) is 37.2. The van der Waals surface area contributed by atoms with Crippen molar-refractivity contribution in [3.05, 3.63) is 0 Å². The highest BCUT2D eigenvalue weighted by atomic mass is 28.3. The molecule has 0 unspecified atom stereocenters. The van der Waals surface area contributed by atoms with Crippen molar-refractivity contribution in [2.45, 2.75) is 212 Å². The molecule has 0 atom stereocenters. The van der Waals surface area contributed by atoms with Crippen molar-refractivity contribution in [3.8, 4) is 0 Å². The highest BCUT2D eigenvalue weighted by Gasteiger charge is 2.25. The molecule has 0 rings (SSSR count). The van der Waals surface area contributed by atoms with E-state index in [4.69, 9.17) is 0 Å². The van der Waals surface area contributed by atoms with E-state index in [1.807, 2.05) is 0 Å². The van der Waals surface area contributed by atoms with Gasteiger partial charge in [-0.05, 0) is 0 Å². The molecule has 0 amide bonds. The van der Waals surface area contributed by atoms with Crippen LogP contribution < -0.4 is 0 Å². The SMILES string of the molecule is CCCCCCCCCCCCCCCCCCCCCCCCCCC[Si](CC)(CC)CC. The molecule has 0 aromatic rings. The molecule has 0 aromatic heterocycles. The van der Waals surface area contributed by atoms with Crippen molar-refractivity contribution >= 4 is 8.07 Å². The van der Waals surface area contributed by atoms with Gasteiger partial charge in [-0.15, -0.1) is 0 Å². The molecule has 0 saturated heterocycles. The lowest BCUT2D eigenvalue weighted by Crippen LogP contribution is -2.30. The van der Waals surface area contributed by atoms with Crippen LogP contribution in [0.2, 0.25) is 24.2 Å². The Balaban J connectivity index is 3.14. The van der Waals surface area contributed by atoms with Gasteiger partial charge >= 0.3 is 0 Å². The lowest BCUT2D eigenvalue weighted by atomic mass is 10.0. The van der Waals surface area contributed by atoms with Crippen molar-refractivity contribution in [1.29, 1.82) is 0 Å². The highest BCUT2D eigenvalue weighted by Crippen LogP contribution is 2.27. The lowest BCUT2D eigenvalue weighted by Gasteiger charge is -2.28. The Kier molecular flexibility index (Phi) is 28.0. The first kappa shape index (κ1) is 34.2. The fourth-order valence-electron chi connectivity index (χ4n) is 5.92. The molecule has 0 aliphatic carbocycles. The van der Waals surface area contributed by atoms with E-state index in [1.165, 1.54) is 179 Å². The van der Waals surface area contributed by atoms with Crippen LogP contribution in [0.4, 0.5) is 0 Å². The van der Waals surface area contributed by atoms with E-state index in [1.54, 1.807) is 6.04 Å². The Morgan fingerprint density at radius 1 is 0.265 bits per heavy atom. The average molecular weight is 495 g/mol. The monoisotopic (exact) mass is 495 g/mol. The minimum Gasteiger partial charge on any atom is -0.0678 e. The molecule has 0 nitrogen and oxygen atoms in total. The Hall–Kier alpha value is 0.217. The first-order valence-electron chi connectivity index (χ1n) is 16.7. The van der Waals surface area contributed by atoms with E-state index >= 15 is 0 Å². The van der Waals surface area contributed by atoms with E-state index < -0.39 is 8.07 Å². The van der Waals surface area contributed by atoms with Gasteiger partial charge < -0.3 is 0 Å². The van der Waals surface area contributed by atoms with Gasteiger partial charge in [0.05, 0.1) is 8.07 Å². The summed E-state index contributed by atoms with van der Waals surface area (Å²) in [5, 5.41) is 0. The summed E-state index contributed by atoms with van der Waals surface area (Å²) in [4.78, 5) is 0. The molecule has 0 aliphatic rings. The van der Waals surface area contributed by atoms with E-state index in [9.17, 15) is 0 Å². The maximum atomic E-state index is 2.46. The molecule has 0 fully saturated rings. The minimum absolute atomic E-state index is 0.837. The second-order valence-corrected chi connectivity index (χ2v) is 17.4. The standard InChI is InChI=1S/C33H70Si/c1-5-9-10-11-12-13-14-15-16-17-18-19-20-21-22-23-24-25-26-27-28-29-30-31-32-33-34(6-2,7-3)8-4/h5-33H2,1-4H3. The van der Waals surface area contributed by atoms with Gasteiger partial charge in [-0.1, -0.05) is 212 Å². The summed E-state index contributed by atoms with van der Waals surface area (Å²) < 4.78 is 0. The third-order valence-corrected chi connectivity index (χ3v) is 15.0. The molecule has 34 heavy (non-hydrogen) atoms. The number of rotatable bonds is 29. The Morgan fingerprint density at radius 3 is 0.676 bits per heavy atom. The molecule has 0 aliphatic heterocycles. The van der Waals surface area contributed by atoms with Crippen molar-refractivity contribution < 1.29 is 0 Å². The van der Waals surface area contributed by atoms with Crippen LogP contribution in [0, 0.1) is 0 Å². The topological polar surface area (TPSA) is 0 Å². The zero-order valence-electron chi connectivity index (χ0n) is 25.0. The largest absolute Gasteiger partial charge is 0.0678 e. The summed E-state index contributed by atoms with van der Waals surface area (Å²) in [5.74, 6) is 0. The van der Waals surface area contributed by atoms with E-state index in [0.29, 0.717) is 0 Å². The molecule has 1 heteroatoms. The smallest absolute Gasteiger partial charge is 0.0527 e. The van der Waals surface area contributed by atoms with Crippen LogP contribution in [0.25, 0.3) is 0 Å². The molecule has 0 saturated carbocycles. The van der Waals surface area contributed by atoms with Crippen LogP contribution in [0.15, 0.2) is 0 Å².